The van der Waals surface area contributed by atoms with Crippen molar-refractivity contribution in [3.05, 3.63) is 16.0 Å². The number of nitrogens with zero attached hydrogens (tertiary/aromatic N) is 2. The lowest BCUT2D eigenvalue weighted by atomic mass is 10.3. The zero-order valence-corrected chi connectivity index (χ0v) is 10.1. The van der Waals surface area contributed by atoms with Gasteiger partial charge in [-0.1, -0.05) is 0 Å². The highest BCUT2D eigenvalue weighted by molar-refractivity contribution is 14.1. The van der Waals surface area contributed by atoms with Gasteiger partial charge in [0.1, 0.15) is 0 Å². The molecule has 0 saturated carbocycles. The van der Waals surface area contributed by atoms with E-state index in [-0.39, 0.29) is 6.04 Å². The highest BCUT2D eigenvalue weighted by Gasteiger charge is 2.06. The number of rotatable bonds is 5. The Hall–Kier alpha value is -0.470. The van der Waals surface area contributed by atoms with Crippen LogP contribution in [0.25, 0.3) is 0 Å². The van der Waals surface area contributed by atoms with Crippen LogP contribution in [0.15, 0.2) is 12.4 Å². The molecule has 3 N–H and O–H groups in total. The maximum absolute atomic E-state index is 5.54. The molecule has 0 bridgehead atoms. The van der Waals surface area contributed by atoms with Crippen molar-refractivity contribution < 1.29 is 4.74 Å². The number of nitrogens with two attached hydrogens (primary N) is 1. The van der Waals surface area contributed by atoms with Gasteiger partial charge in [0.15, 0.2) is 0 Å². The molecule has 0 amide bonds. The fourth-order valence-corrected chi connectivity index (χ4v) is 1.22. The van der Waals surface area contributed by atoms with Gasteiger partial charge in [-0.3, -0.25) is 0 Å². The summed E-state index contributed by atoms with van der Waals surface area (Å²) in [5.74, 6) is 0.581. The average molecular weight is 308 g/mol. The van der Waals surface area contributed by atoms with Crippen LogP contribution in [-0.2, 0) is 4.74 Å². The molecular weight excluding hydrogens is 295 g/mol. The van der Waals surface area contributed by atoms with Crippen LogP contribution in [0, 0.1) is 3.57 Å². The summed E-state index contributed by atoms with van der Waals surface area (Å²) in [5.41, 5.74) is 5.54. The molecule has 1 aromatic rings. The zero-order chi connectivity index (χ0) is 10.4. The Balaban J connectivity index is 2.53. The number of anilines is 1. The van der Waals surface area contributed by atoms with E-state index >= 15 is 0 Å². The lowest BCUT2D eigenvalue weighted by molar-refractivity contribution is 0.187. The van der Waals surface area contributed by atoms with Gasteiger partial charge in [0.25, 0.3) is 0 Å². The maximum atomic E-state index is 5.54. The van der Waals surface area contributed by atoms with Crippen molar-refractivity contribution in [1.29, 1.82) is 0 Å². The lowest BCUT2D eigenvalue weighted by Crippen LogP contribution is -2.33. The van der Waals surface area contributed by atoms with Crippen LogP contribution in [0.1, 0.15) is 0 Å². The van der Waals surface area contributed by atoms with Crippen LogP contribution in [0.5, 0.6) is 0 Å². The number of nitrogens with one attached hydrogen (secondary N) is 1. The first kappa shape index (κ1) is 11.6. The van der Waals surface area contributed by atoms with Crippen LogP contribution < -0.4 is 11.1 Å². The molecule has 5 nitrogen and oxygen atoms in total. The number of hydrogen-bond acceptors (Lipinski definition) is 5. The molecule has 6 heteroatoms. The monoisotopic (exact) mass is 308 g/mol. The normalized spacial score (nSPS) is 12.5. The van der Waals surface area contributed by atoms with E-state index in [0.29, 0.717) is 19.1 Å². The highest BCUT2D eigenvalue weighted by atomic mass is 127. The highest BCUT2D eigenvalue weighted by Crippen LogP contribution is 2.03. The number of hydrogen-bond donors (Lipinski definition) is 2. The van der Waals surface area contributed by atoms with Crippen LogP contribution in [0.4, 0.5) is 5.95 Å². The molecule has 0 aromatic carbocycles. The summed E-state index contributed by atoms with van der Waals surface area (Å²) < 4.78 is 6.00. The van der Waals surface area contributed by atoms with E-state index in [1.807, 2.05) is 0 Å². The van der Waals surface area contributed by atoms with Gasteiger partial charge in [-0.05, 0) is 22.6 Å². The average Bonchev–Trinajstić information content (AvgIpc) is 2.20. The van der Waals surface area contributed by atoms with Crippen molar-refractivity contribution in [2.75, 3.05) is 25.6 Å². The van der Waals surface area contributed by atoms with E-state index < -0.39 is 0 Å². The fourth-order valence-electron chi connectivity index (χ4n) is 0.939. The molecule has 0 aliphatic rings. The minimum atomic E-state index is 0.0556. The minimum absolute atomic E-state index is 0.0556. The van der Waals surface area contributed by atoms with Gasteiger partial charge in [-0.15, -0.1) is 0 Å². The first-order chi connectivity index (χ1) is 6.76. The van der Waals surface area contributed by atoms with Crippen molar-refractivity contribution in [2.24, 2.45) is 5.73 Å². The van der Waals surface area contributed by atoms with E-state index in [0.717, 1.165) is 3.57 Å². The quantitative estimate of drug-likeness (QED) is 0.774. The van der Waals surface area contributed by atoms with E-state index in [1.54, 1.807) is 19.5 Å². The standard InChI is InChI=1S/C8H13IN4O/c1-14-5-7(2-10)13-8-11-3-6(9)4-12-8/h3-4,7H,2,5,10H2,1H3,(H,11,12,13). The van der Waals surface area contributed by atoms with Gasteiger partial charge < -0.3 is 15.8 Å². The third-order valence-electron chi connectivity index (χ3n) is 1.61. The van der Waals surface area contributed by atoms with Crippen LogP contribution in [0.2, 0.25) is 0 Å². The summed E-state index contributed by atoms with van der Waals surface area (Å²) in [7, 11) is 1.64. The summed E-state index contributed by atoms with van der Waals surface area (Å²) in [6.07, 6.45) is 3.49. The molecule has 0 aliphatic heterocycles. The molecule has 0 radical (unpaired) electrons. The molecule has 1 unspecified atom stereocenters. The Morgan fingerprint density at radius 1 is 1.57 bits per heavy atom. The van der Waals surface area contributed by atoms with E-state index in [4.69, 9.17) is 10.5 Å². The molecule has 14 heavy (non-hydrogen) atoms. The van der Waals surface area contributed by atoms with Gasteiger partial charge in [0, 0.05) is 29.6 Å². The van der Waals surface area contributed by atoms with Crippen LogP contribution >= 0.6 is 22.6 Å². The molecular formula is C8H13IN4O. The second-order valence-corrected chi connectivity index (χ2v) is 4.00. The second-order valence-electron chi connectivity index (χ2n) is 2.76. The van der Waals surface area contributed by atoms with E-state index in [1.165, 1.54) is 0 Å². The van der Waals surface area contributed by atoms with Crippen molar-refractivity contribution in [3.8, 4) is 0 Å². The Labute approximate surface area is 96.6 Å². The number of ether oxygens (including phenoxy) is 1. The lowest BCUT2D eigenvalue weighted by Gasteiger charge is -2.15. The largest absolute Gasteiger partial charge is 0.383 e. The molecule has 0 aliphatic carbocycles. The summed E-state index contributed by atoms with van der Waals surface area (Å²) in [5, 5.41) is 3.08. The molecule has 1 atom stereocenters. The van der Waals surface area contributed by atoms with Crippen LogP contribution in [0.3, 0.4) is 0 Å². The predicted octanol–water partition coefficient (Wildman–Crippen LogP) is 0.467. The van der Waals surface area contributed by atoms with Crippen molar-refractivity contribution in [2.45, 2.75) is 6.04 Å². The summed E-state index contributed by atoms with van der Waals surface area (Å²) >= 11 is 2.15. The van der Waals surface area contributed by atoms with Gasteiger partial charge in [0.2, 0.25) is 5.95 Å². The third-order valence-corrected chi connectivity index (χ3v) is 2.16. The first-order valence-corrected chi connectivity index (χ1v) is 5.27. The van der Waals surface area contributed by atoms with Crippen molar-refractivity contribution in [1.82, 2.24) is 9.97 Å². The smallest absolute Gasteiger partial charge is 0.222 e. The van der Waals surface area contributed by atoms with Crippen molar-refractivity contribution >= 4 is 28.5 Å². The number of aromatic nitrogens is 2. The molecule has 1 heterocycles. The third kappa shape index (κ3) is 3.72. The van der Waals surface area contributed by atoms with Gasteiger partial charge >= 0.3 is 0 Å². The van der Waals surface area contributed by atoms with E-state index in [2.05, 4.69) is 37.9 Å². The molecule has 78 valence electrons. The second kappa shape index (κ2) is 6.10. The molecule has 1 aromatic heterocycles. The Morgan fingerprint density at radius 2 is 2.21 bits per heavy atom. The maximum Gasteiger partial charge on any atom is 0.222 e. The summed E-state index contributed by atoms with van der Waals surface area (Å²) in [4.78, 5) is 8.21. The Morgan fingerprint density at radius 3 is 2.71 bits per heavy atom. The summed E-state index contributed by atoms with van der Waals surface area (Å²) in [6.45, 7) is 1.04. The SMILES string of the molecule is COCC(CN)Nc1ncc(I)cn1. The number of halogens is 1. The van der Waals surface area contributed by atoms with Crippen molar-refractivity contribution in [3.63, 3.8) is 0 Å². The minimum Gasteiger partial charge on any atom is -0.383 e. The van der Waals surface area contributed by atoms with Gasteiger partial charge in [-0.2, -0.15) is 0 Å². The number of methoxy groups -OCH3 is 1. The summed E-state index contributed by atoms with van der Waals surface area (Å²) in [6, 6.07) is 0.0556. The molecule has 1 rings (SSSR count). The molecule has 0 spiro atoms. The Kier molecular flexibility index (Phi) is 5.05. The first-order valence-electron chi connectivity index (χ1n) is 4.19. The Bertz CT molecular complexity index is 267. The van der Waals surface area contributed by atoms with Gasteiger partial charge in [-0.25, -0.2) is 9.97 Å². The topological polar surface area (TPSA) is 73.1 Å². The zero-order valence-electron chi connectivity index (χ0n) is 7.90. The van der Waals surface area contributed by atoms with E-state index in [9.17, 15) is 0 Å². The molecule has 0 saturated heterocycles. The molecule has 0 fully saturated rings. The predicted molar refractivity (Wildman–Crippen MR) is 63.1 cm³/mol. The van der Waals surface area contributed by atoms with Crippen LogP contribution in [-0.4, -0.2) is 36.3 Å². The van der Waals surface area contributed by atoms with Gasteiger partial charge in [0.05, 0.1) is 12.6 Å². The fraction of sp³-hybridized carbons (Fsp3) is 0.500.